The van der Waals surface area contributed by atoms with Crippen molar-refractivity contribution < 1.29 is 19.0 Å². The van der Waals surface area contributed by atoms with Gasteiger partial charge in [-0.1, -0.05) is 18.2 Å². The molecular weight excluding hydrogens is 275 g/mol. The molecule has 0 heterocycles. The van der Waals surface area contributed by atoms with Crippen LogP contribution in [0.3, 0.4) is 0 Å². The molecule has 0 aromatic heterocycles. The predicted molar refractivity (Wildman–Crippen MR) is 76.2 cm³/mol. The van der Waals surface area contributed by atoms with Crippen molar-refractivity contribution in [1.29, 1.82) is 0 Å². The largest absolute Gasteiger partial charge is 0.389 e. The number of halogens is 1. The van der Waals surface area contributed by atoms with E-state index >= 15 is 0 Å². The van der Waals surface area contributed by atoms with Crippen molar-refractivity contribution in [3.05, 3.63) is 35.6 Å². The fraction of sp³-hybridized carbons (Fsp3) is 0.533. The molecule has 1 aromatic rings. The van der Waals surface area contributed by atoms with E-state index in [-0.39, 0.29) is 25.5 Å². The molecule has 6 heteroatoms. The molecule has 2 amide bonds. The molecule has 0 aliphatic heterocycles. The average molecular weight is 296 g/mol. The number of urea groups is 1. The molecule has 5 nitrogen and oxygen atoms in total. The van der Waals surface area contributed by atoms with E-state index in [1.54, 1.807) is 18.2 Å². The quantitative estimate of drug-likeness (QED) is 0.679. The molecule has 0 unspecified atom stereocenters. The number of carbonyl (C=O) groups excluding carboxylic acids is 1. The SMILES string of the molecule is O=C(NCc1ccccc1F)NC[C@H](O)COCC1CC1. The molecule has 1 saturated carbocycles. The summed E-state index contributed by atoms with van der Waals surface area (Å²) in [5, 5.41) is 14.7. The van der Waals surface area contributed by atoms with Crippen LogP contribution >= 0.6 is 0 Å². The summed E-state index contributed by atoms with van der Waals surface area (Å²) in [5.41, 5.74) is 0.418. The molecule has 1 atom stereocenters. The van der Waals surface area contributed by atoms with Crippen LogP contribution in [0.4, 0.5) is 9.18 Å². The van der Waals surface area contributed by atoms with Gasteiger partial charge in [0.1, 0.15) is 5.82 Å². The van der Waals surface area contributed by atoms with E-state index in [2.05, 4.69) is 10.6 Å². The van der Waals surface area contributed by atoms with Gasteiger partial charge in [-0.3, -0.25) is 0 Å². The lowest BCUT2D eigenvalue weighted by molar-refractivity contribution is 0.0337. The van der Waals surface area contributed by atoms with Gasteiger partial charge in [0.2, 0.25) is 0 Å². The van der Waals surface area contributed by atoms with Gasteiger partial charge in [0, 0.05) is 25.3 Å². The van der Waals surface area contributed by atoms with E-state index in [1.165, 1.54) is 18.9 Å². The first-order chi connectivity index (χ1) is 10.1. The number of hydrogen-bond donors (Lipinski definition) is 3. The zero-order valence-electron chi connectivity index (χ0n) is 11.8. The fourth-order valence-electron chi connectivity index (χ4n) is 1.80. The predicted octanol–water partition coefficient (Wildman–Crippen LogP) is 1.41. The summed E-state index contributed by atoms with van der Waals surface area (Å²) in [6.45, 7) is 1.10. The minimum absolute atomic E-state index is 0.104. The molecule has 0 saturated heterocycles. The Morgan fingerprint density at radius 1 is 1.38 bits per heavy atom. The molecular formula is C15H21FN2O3. The van der Waals surface area contributed by atoms with Gasteiger partial charge in [0.15, 0.2) is 0 Å². The standard InChI is InChI=1S/C15H21FN2O3/c16-14-4-2-1-3-12(14)7-17-15(20)18-8-13(19)10-21-9-11-5-6-11/h1-4,11,13,19H,5-10H2,(H2,17,18,20)/t13-/m0/s1. The van der Waals surface area contributed by atoms with Crippen molar-refractivity contribution in [2.24, 2.45) is 5.92 Å². The highest BCUT2D eigenvalue weighted by Crippen LogP contribution is 2.28. The van der Waals surface area contributed by atoms with E-state index in [9.17, 15) is 14.3 Å². The van der Waals surface area contributed by atoms with E-state index in [0.29, 0.717) is 18.1 Å². The first kappa shape index (κ1) is 15.7. The van der Waals surface area contributed by atoms with Crippen molar-refractivity contribution >= 4 is 6.03 Å². The molecule has 1 fully saturated rings. The minimum Gasteiger partial charge on any atom is -0.389 e. The topological polar surface area (TPSA) is 70.6 Å². The minimum atomic E-state index is -0.733. The van der Waals surface area contributed by atoms with Crippen molar-refractivity contribution in [2.45, 2.75) is 25.5 Å². The zero-order chi connectivity index (χ0) is 15.1. The Morgan fingerprint density at radius 2 is 2.14 bits per heavy atom. The zero-order valence-corrected chi connectivity index (χ0v) is 11.8. The summed E-state index contributed by atoms with van der Waals surface area (Å²) in [6, 6.07) is 5.81. The van der Waals surface area contributed by atoms with Crippen LogP contribution in [0.5, 0.6) is 0 Å². The molecule has 21 heavy (non-hydrogen) atoms. The number of ether oxygens (including phenoxy) is 1. The smallest absolute Gasteiger partial charge is 0.315 e. The van der Waals surface area contributed by atoms with Crippen LogP contribution in [0, 0.1) is 11.7 Å². The highest BCUT2D eigenvalue weighted by molar-refractivity contribution is 5.73. The van der Waals surface area contributed by atoms with Gasteiger partial charge in [-0.2, -0.15) is 0 Å². The number of hydrogen-bond acceptors (Lipinski definition) is 3. The number of rotatable bonds is 8. The van der Waals surface area contributed by atoms with Gasteiger partial charge >= 0.3 is 6.03 Å². The average Bonchev–Trinajstić information content (AvgIpc) is 3.28. The van der Waals surface area contributed by atoms with Crippen molar-refractivity contribution in [3.63, 3.8) is 0 Å². The van der Waals surface area contributed by atoms with Crippen LogP contribution < -0.4 is 10.6 Å². The first-order valence-corrected chi connectivity index (χ1v) is 7.16. The number of benzene rings is 1. The molecule has 1 aromatic carbocycles. The molecule has 116 valence electrons. The Kier molecular flexibility index (Phi) is 5.95. The highest BCUT2D eigenvalue weighted by atomic mass is 19.1. The van der Waals surface area contributed by atoms with Gasteiger partial charge in [-0.05, 0) is 24.8 Å². The van der Waals surface area contributed by atoms with Gasteiger partial charge in [-0.15, -0.1) is 0 Å². The van der Waals surface area contributed by atoms with Crippen LogP contribution in [0.25, 0.3) is 0 Å². The summed E-state index contributed by atoms with van der Waals surface area (Å²) in [4.78, 5) is 11.5. The Morgan fingerprint density at radius 3 is 2.86 bits per heavy atom. The van der Waals surface area contributed by atoms with E-state index in [0.717, 1.165) is 0 Å². The lowest BCUT2D eigenvalue weighted by atomic mass is 10.2. The Labute approximate surface area is 123 Å². The third kappa shape index (κ3) is 6.10. The fourth-order valence-corrected chi connectivity index (χ4v) is 1.80. The lowest BCUT2D eigenvalue weighted by Crippen LogP contribution is -2.40. The van der Waals surface area contributed by atoms with Crippen LogP contribution in [0.15, 0.2) is 24.3 Å². The van der Waals surface area contributed by atoms with Gasteiger partial charge < -0.3 is 20.5 Å². The van der Waals surface area contributed by atoms with Gasteiger partial charge in [0.25, 0.3) is 0 Å². The highest BCUT2D eigenvalue weighted by Gasteiger charge is 2.21. The third-order valence-electron chi connectivity index (χ3n) is 3.26. The molecule has 1 aliphatic rings. The van der Waals surface area contributed by atoms with Crippen molar-refractivity contribution in [3.8, 4) is 0 Å². The van der Waals surface area contributed by atoms with E-state index in [4.69, 9.17) is 4.74 Å². The van der Waals surface area contributed by atoms with Crippen LogP contribution in [-0.2, 0) is 11.3 Å². The second-order valence-electron chi connectivity index (χ2n) is 5.29. The molecule has 0 bridgehead atoms. The van der Waals surface area contributed by atoms with E-state index in [1.807, 2.05) is 0 Å². The van der Waals surface area contributed by atoms with E-state index < -0.39 is 12.1 Å². The summed E-state index contributed by atoms with van der Waals surface area (Å²) in [7, 11) is 0. The Hall–Kier alpha value is -1.66. The maximum Gasteiger partial charge on any atom is 0.315 e. The number of amides is 2. The second-order valence-corrected chi connectivity index (χ2v) is 5.29. The molecule has 0 radical (unpaired) electrons. The number of aliphatic hydroxyl groups excluding tert-OH is 1. The first-order valence-electron chi connectivity index (χ1n) is 7.16. The maximum absolute atomic E-state index is 13.3. The summed E-state index contributed by atoms with van der Waals surface area (Å²) in [5.74, 6) is 0.292. The number of carbonyl (C=O) groups is 1. The van der Waals surface area contributed by atoms with Crippen molar-refractivity contribution in [2.75, 3.05) is 19.8 Å². The molecule has 1 aliphatic carbocycles. The summed E-state index contributed by atoms with van der Waals surface area (Å²) >= 11 is 0. The molecule has 0 spiro atoms. The van der Waals surface area contributed by atoms with Crippen LogP contribution in [0.2, 0.25) is 0 Å². The second kappa shape index (κ2) is 7.95. The Balaban J connectivity index is 1.57. The van der Waals surface area contributed by atoms with Crippen molar-refractivity contribution in [1.82, 2.24) is 10.6 Å². The maximum atomic E-state index is 13.3. The van der Waals surface area contributed by atoms with Gasteiger partial charge in [0.05, 0.1) is 12.7 Å². The van der Waals surface area contributed by atoms with Gasteiger partial charge in [-0.25, -0.2) is 9.18 Å². The molecule has 3 N–H and O–H groups in total. The lowest BCUT2D eigenvalue weighted by Gasteiger charge is -2.13. The van der Waals surface area contributed by atoms with Crippen LogP contribution in [-0.4, -0.2) is 37.0 Å². The number of nitrogens with one attached hydrogen (secondary N) is 2. The third-order valence-corrected chi connectivity index (χ3v) is 3.26. The summed E-state index contributed by atoms with van der Waals surface area (Å²) in [6.07, 6.45) is 1.67. The monoisotopic (exact) mass is 296 g/mol. The Bertz CT molecular complexity index is 466. The molecule has 2 rings (SSSR count). The van der Waals surface area contributed by atoms with Crippen LogP contribution in [0.1, 0.15) is 18.4 Å². The number of aliphatic hydroxyl groups is 1. The normalized spacial score (nSPS) is 15.5. The summed E-state index contributed by atoms with van der Waals surface area (Å²) < 4.78 is 18.7.